The van der Waals surface area contributed by atoms with Crippen LogP contribution in [0.1, 0.15) is 112 Å². The number of hydrogen-bond acceptors (Lipinski definition) is 2. The van der Waals surface area contributed by atoms with Crippen molar-refractivity contribution < 1.29 is 9.59 Å². The fourth-order valence-corrected chi connectivity index (χ4v) is 5.24. The first-order chi connectivity index (χ1) is 15.1. The molecule has 0 aromatic heterocycles. The lowest BCUT2D eigenvalue weighted by molar-refractivity contribution is 0.0517. The second-order valence-corrected chi connectivity index (χ2v) is 9.72. The van der Waals surface area contributed by atoms with Crippen molar-refractivity contribution in [3.63, 3.8) is 0 Å². The lowest BCUT2D eigenvalue weighted by Gasteiger charge is -2.34. The van der Waals surface area contributed by atoms with E-state index < -0.39 is 0 Å². The largest absolute Gasteiger partial charge is 0.271 e. The van der Waals surface area contributed by atoms with E-state index in [9.17, 15) is 9.59 Å². The van der Waals surface area contributed by atoms with Gasteiger partial charge in [0, 0.05) is 27.0 Å². The van der Waals surface area contributed by atoms with Gasteiger partial charge in [-0.15, -0.1) is 0 Å². The molecule has 0 atom stereocenters. The molecular weight excluding hydrogens is 450 g/mol. The zero-order valence-electron chi connectivity index (χ0n) is 19.1. The van der Waals surface area contributed by atoms with Crippen molar-refractivity contribution in [3.05, 3.63) is 45.9 Å². The van der Waals surface area contributed by atoms with Crippen molar-refractivity contribution in [2.24, 2.45) is 0 Å². The third-order valence-electron chi connectivity index (χ3n) is 6.53. The number of carbonyl (C=O) groups is 2. The van der Waals surface area contributed by atoms with Gasteiger partial charge in [0.1, 0.15) is 0 Å². The molecule has 0 N–H and O–H groups in total. The molecule has 2 amide bonds. The van der Waals surface area contributed by atoms with E-state index in [2.05, 4.69) is 29.8 Å². The molecule has 3 nitrogen and oxygen atoms in total. The third kappa shape index (κ3) is 5.58. The highest BCUT2D eigenvalue weighted by molar-refractivity contribution is 9.10. The number of carbonyl (C=O) groups excluding carboxylic acids is 2. The molecule has 0 saturated carbocycles. The van der Waals surface area contributed by atoms with Gasteiger partial charge in [0.15, 0.2) is 0 Å². The van der Waals surface area contributed by atoms with Gasteiger partial charge >= 0.3 is 0 Å². The van der Waals surface area contributed by atoms with Crippen molar-refractivity contribution >= 4 is 38.5 Å². The summed E-state index contributed by atoms with van der Waals surface area (Å²) in [5, 5.41) is 1.74. The Labute approximate surface area is 195 Å². The van der Waals surface area contributed by atoms with Gasteiger partial charge in [-0.2, -0.15) is 0 Å². The Morgan fingerprint density at radius 2 is 1.29 bits per heavy atom. The van der Waals surface area contributed by atoms with Gasteiger partial charge < -0.3 is 0 Å². The molecule has 1 aliphatic rings. The van der Waals surface area contributed by atoms with Gasteiger partial charge in [-0.25, -0.2) is 0 Å². The van der Waals surface area contributed by atoms with Crippen LogP contribution in [-0.4, -0.2) is 22.8 Å². The maximum atomic E-state index is 13.5. The van der Waals surface area contributed by atoms with Gasteiger partial charge in [-0.1, -0.05) is 106 Å². The molecular formula is C27H36BrNO2. The van der Waals surface area contributed by atoms with Crippen molar-refractivity contribution in [1.82, 2.24) is 4.90 Å². The van der Waals surface area contributed by atoms with Crippen LogP contribution in [0.4, 0.5) is 0 Å². The van der Waals surface area contributed by atoms with Crippen LogP contribution in [0.2, 0.25) is 0 Å². The van der Waals surface area contributed by atoms with Crippen LogP contribution in [0.3, 0.4) is 0 Å². The second-order valence-electron chi connectivity index (χ2n) is 8.86. The molecule has 0 bridgehead atoms. The highest BCUT2D eigenvalue weighted by Crippen LogP contribution is 2.36. The molecule has 2 aromatic carbocycles. The van der Waals surface area contributed by atoms with Crippen LogP contribution in [0.5, 0.6) is 0 Å². The standard InChI is InChI=1S/C27H36BrNO2/c1-3-5-7-9-11-14-20(15-12-10-8-6-4-2)29-26(30)22-17-13-16-21-24(28)19-18-23(25(21)22)27(29)31/h13,16-20H,3-12,14-15H2,1-2H3. The summed E-state index contributed by atoms with van der Waals surface area (Å²) in [5.41, 5.74) is 1.32. The Kier molecular flexibility index (Phi) is 9.13. The minimum Gasteiger partial charge on any atom is -0.271 e. The molecule has 0 unspecified atom stereocenters. The van der Waals surface area contributed by atoms with E-state index in [1.54, 1.807) is 4.90 Å². The van der Waals surface area contributed by atoms with Gasteiger partial charge in [0.05, 0.1) is 0 Å². The summed E-state index contributed by atoms with van der Waals surface area (Å²) >= 11 is 3.58. The van der Waals surface area contributed by atoms with Crippen molar-refractivity contribution in [1.29, 1.82) is 0 Å². The molecule has 1 heterocycles. The van der Waals surface area contributed by atoms with E-state index >= 15 is 0 Å². The average molecular weight is 486 g/mol. The number of amides is 2. The predicted molar refractivity (Wildman–Crippen MR) is 133 cm³/mol. The number of benzene rings is 2. The van der Waals surface area contributed by atoms with E-state index in [0.717, 1.165) is 40.9 Å². The summed E-state index contributed by atoms with van der Waals surface area (Å²) < 4.78 is 0.922. The first-order valence-electron chi connectivity index (χ1n) is 12.2. The normalized spacial score (nSPS) is 13.6. The molecule has 31 heavy (non-hydrogen) atoms. The number of halogens is 1. The van der Waals surface area contributed by atoms with E-state index in [0.29, 0.717) is 11.1 Å². The summed E-state index contributed by atoms with van der Waals surface area (Å²) in [7, 11) is 0. The van der Waals surface area contributed by atoms with Gasteiger partial charge in [0.2, 0.25) is 0 Å². The van der Waals surface area contributed by atoms with E-state index in [4.69, 9.17) is 0 Å². The molecule has 168 valence electrons. The first kappa shape index (κ1) is 24.0. The molecule has 1 aliphatic heterocycles. The Hall–Kier alpha value is -1.68. The Bertz CT molecular complexity index is 871. The monoisotopic (exact) mass is 485 g/mol. The maximum absolute atomic E-state index is 13.5. The fraction of sp³-hybridized carbons (Fsp3) is 0.556. The highest BCUT2D eigenvalue weighted by atomic mass is 79.9. The summed E-state index contributed by atoms with van der Waals surface area (Å²) in [5.74, 6) is -0.235. The zero-order valence-corrected chi connectivity index (χ0v) is 20.7. The Morgan fingerprint density at radius 3 is 1.87 bits per heavy atom. The summed E-state index contributed by atoms with van der Waals surface area (Å²) in [6.07, 6.45) is 13.8. The fourth-order valence-electron chi connectivity index (χ4n) is 4.78. The molecule has 0 radical (unpaired) electrons. The molecule has 3 rings (SSSR count). The minimum atomic E-state index is -0.117. The van der Waals surface area contributed by atoms with Crippen molar-refractivity contribution in [3.8, 4) is 0 Å². The van der Waals surface area contributed by atoms with Crippen LogP contribution in [0.15, 0.2) is 34.8 Å². The number of hydrogen-bond donors (Lipinski definition) is 0. The first-order valence-corrected chi connectivity index (χ1v) is 13.0. The summed E-state index contributed by atoms with van der Waals surface area (Å²) in [6.45, 7) is 4.45. The van der Waals surface area contributed by atoms with Crippen LogP contribution in [0.25, 0.3) is 10.8 Å². The Balaban J connectivity index is 1.82. The predicted octanol–water partition coefficient (Wildman–Crippen LogP) is 8.29. The molecule has 4 heteroatoms. The van der Waals surface area contributed by atoms with E-state index in [-0.39, 0.29) is 17.9 Å². The van der Waals surface area contributed by atoms with Gasteiger partial charge in [-0.05, 0) is 36.4 Å². The lowest BCUT2D eigenvalue weighted by atomic mass is 9.91. The molecule has 2 aromatic rings. The minimum absolute atomic E-state index is 0.00435. The number of rotatable bonds is 13. The van der Waals surface area contributed by atoms with Crippen molar-refractivity contribution in [2.75, 3.05) is 0 Å². The topological polar surface area (TPSA) is 37.4 Å². The SMILES string of the molecule is CCCCCCCC(CCCCCCC)N1C(=O)c2cccc3c(Br)ccc(c23)C1=O. The van der Waals surface area contributed by atoms with Crippen LogP contribution >= 0.6 is 15.9 Å². The average Bonchev–Trinajstić information content (AvgIpc) is 2.77. The third-order valence-corrected chi connectivity index (χ3v) is 7.22. The van der Waals surface area contributed by atoms with Gasteiger partial charge in [0.25, 0.3) is 11.8 Å². The second kappa shape index (κ2) is 11.8. The van der Waals surface area contributed by atoms with E-state index in [1.165, 1.54) is 51.4 Å². The van der Waals surface area contributed by atoms with Crippen LogP contribution in [0, 0.1) is 0 Å². The molecule has 0 spiro atoms. The Morgan fingerprint density at radius 1 is 0.742 bits per heavy atom. The van der Waals surface area contributed by atoms with Crippen LogP contribution in [-0.2, 0) is 0 Å². The van der Waals surface area contributed by atoms with Crippen molar-refractivity contribution in [2.45, 2.75) is 96.9 Å². The van der Waals surface area contributed by atoms with Crippen LogP contribution < -0.4 is 0 Å². The summed E-state index contributed by atoms with van der Waals surface area (Å²) in [4.78, 5) is 28.7. The smallest absolute Gasteiger partial charge is 0.261 e. The number of imide groups is 1. The number of unbranched alkanes of at least 4 members (excludes halogenated alkanes) is 8. The van der Waals surface area contributed by atoms with Gasteiger partial charge in [-0.3, -0.25) is 14.5 Å². The lowest BCUT2D eigenvalue weighted by Crippen LogP contribution is -2.47. The quantitative estimate of drug-likeness (QED) is 0.211. The highest BCUT2D eigenvalue weighted by Gasteiger charge is 2.37. The van der Waals surface area contributed by atoms with E-state index in [1.807, 2.05) is 30.3 Å². The molecule has 0 aliphatic carbocycles. The number of nitrogens with zero attached hydrogens (tertiary/aromatic N) is 1. The zero-order chi connectivity index (χ0) is 22.2. The molecule has 0 fully saturated rings. The summed E-state index contributed by atoms with van der Waals surface area (Å²) in [6, 6.07) is 9.56. The maximum Gasteiger partial charge on any atom is 0.261 e. The molecule has 0 saturated heterocycles.